The summed E-state index contributed by atoms with van der Waals surface area (Å²) in [5, 5.41) is 9.89. The first-order valence-corrected chi connectivity index (χ1v) is 6.48. The van der Waals surface area contributed by atoms with Gasteiger partial charge in [0.25, 0.3) is 0 Å². The second kappa shape index (κ2) is 6.78. The molecular formula is C14H13Cl2NO2. The monoisotopic (exact) mass is 297 g/mol. The maximum absolute atomic E-state index is 9.44. The van der Waals surface area contributed by atoms with E-state index in [-0.39, 0.29) is 15.8 Å². The quantitative estimate of drug-likeness (QED) is 0.649. The zero-order valence-corrected chi connectivity index (χ0v) is 11.6. The summed E-state index contributed by atoms with van der Waals surface area (Å²) in [6.07, 6.45) is 0. The molecule has 0 aromatic heterocycles. The van der Waals surface area contributed by atoms with E-state index in [9.17, 15) is 5.11 Å². The molecule has 2 rings (SSSR count). The fraction of sp³-hybridized carbons (Fsp3) is 0.143. The molecule has 0 unspecified atom stereocenters. The number of hydrogen-bond acceptors (Lipinski definition) is 3. The van der Waals surface area contributed by atoms with Gasteiger partial charge in [0.1, 0.15) is 0 Å². The van der Waals surface area contributed by atoms with E-state index < -0.39 is 0 Å². The van der Waals surface area contributed by atoms with Crippen molar-refractivity contribution in [2.24, 2.45) is 0 Å². The Morgan fingerprint density at radius 1 is 1.00 bits per heavy atom. The van der Waals surface area contributed by atoms with Crippen molar-refractivity contribution in [2.75, 3.05) is 0 Å². The molecule has 0 aliphatic carbocycles. The lowest BCUT2D eigenvalue weighted by atomic mass is 10.2. The zero-order valence-electron chi connectivity index (χ0n) is 10.1. The summed E-state index contributed by atoms with van der Waals surface area (Å²) in [6, 6.07) is 13.1. The van der Waals surface area contributed by atoms with Crippen LogP contribution in [0.1, 0.15) is 11.1 Å². The SMILES string of the molecule is Oc1c(Cl)cc(CNOCc2ccccc2)cc1Cl. The van der Waals surface area contributed by atoms with Crippen molar-refractivity contribution in [1.29, 1.82) is 0 Å². The average molecular weight is 298 g/mol. The summed E-state index contributed by atoms with van der Waals surface area (Å²) in [5.41, 5.74) is 4.74. The van der Waals surface area contributed by atoms with Crippen LogP contribution in [0.25, 0.3) is 0 Å². The van der Waals surface area contributed by atoms with Crippen molar-refractivity contribution < 1.29 is 9.94 Å². The molecule has 19 heavy (non-hydrogen) atoms. The Labute approximate surface area is 121 Å². The first-order chi connectivity index (χ1) is 9.16. The molecule has 0 aliphatic heterocycles. The minimum absolute atomic E-state index is 0.0997. The molecule has 0 amide bonds. The van der Waals surface area contributed by atoms with Crippen LogP contribution in [0.3, 0.4) is 0 Å². The van der Waals surface area contributed by atoms with Crippen LogP contribution in [0.5, 0.6) is 5.75 Å². The van der Waals surface area contributed by atoms with Gasteiger partial charge in [-0.1, -0.05) is 53.5 Å². The van der Waals surface area contributed by atoms with Gasteiger partial charge in [0, 0.05) is 6.54 Å². The van der Waals surface area contributed by atoms with Crippen molar-refractivity contribution in [2.45, 2.75) is 13.2 Å². The van der Waals surface area contributed by atoms with Crippen molar-refractivity contribution in [3.63, 3.8) is 0 Å². The van der Waals surface area contributed by atoms with Gasteiger partial charge in [0.05, 0.1) is 16.7 Å². The Morgan fingerprint density at radius 2 is 1.63 bits per heavy atom. The van der Waals surface area contributed by atoms with Gasteiger partial charge in [-0.05, 0) is 23.3 Å². The van der Waals surface area contributed by atoms with E-state index in [0.717, 1.165) is 11.1 Å². The second-order valence-electron chi connectivity index (χ2n) is 4.00. The molecule has 0 bridgehead atoms. The van der Waals surface area contributed by atoms with E-state index in [4.69, 9.17) is 28.0 Å². The number of hydrogen-bond donors (Lipinski definition) is 2. The zero-order chi connectivity index (χ0) is 13.7. The number of hydroxylamine groups is 1. The molecule has 2 N–H and O–H groups in total. The van der Waals surface area contributed by atoms with Crippen LogP contribution in [0.2, 0.25) is 10.0 Å². The summed E-state index contributed by atoms with van der Waals surface area (Å²) in [7, 11) is 0. The van der Waals surface area contributed by atoms with Gasteiger partial charge in [0.15, 0.2) is 5.75 Å². The Balaban J connectivity index is 1.83. The van der Waals surface area contributed by atoms with Crippen molar-refractivity contribution in [3.05, 3.63) is 63.6 Å². The molecule has 0 aliphatic rings. The van der Waals surface area contributed by atoms with Crippen molar-refractivity contribution in [1.82, 2.24) is 5.48 Å². The molecule has 0 heterocycles. The van der Waals surface area contributed by atoms with E-state index in [1.54, 1.807) is 12.1 Å². The largest absolute Gasteiger partial charge is 0.505 e. The third kappa shape index (κ3) is 4.11. The highest BCUT2D eigenvalue weighted by molar-refractivity contribution is 6.37. The van der Waals surface area contributed by atoms with E-state index in [2.05, 4.69) is 5.48 Å². The second-order valence-corrected chi connectivity index (χ2v) is 4.82. The Kier molecular flexibility index (Phi) is 5.05. The summed E-state index contributed by atoms with van der Waals surface area (Å²) >= 11 is 11.6. The van der Waals surface area contributed by atoms with Gasteiger partial charge in [-0.25, -0.2) is 0 Å². The molecule has 3 nitrogen and oxygen atoms in total. The molecular weight excluding hydrogens is 285 g/mol. The molecule has 0 spiro atoms. The third-order valence-corrected chi connectivity index (χ3v) is 3.11. The summed E-state index contributed by atoms with van der Waals surface area (Å²) in [5.74, 6) is -0.0997. The van der Waals surface area contributed by atoms with Gasteiger partial charge in [-0.2, -0.15) is 5.48 Å². The summed E-state index contributed by atoms with van der Waals surface area (Å²) < 4.78 is 0. The van der Waals surface area contributed by atoms with Gasteiger partial charge < -0.3 is 5.11 Å². The van der Waals surface area contributed by atoms with E-state index in [1.807, 2.05) is 30.3 Å². The molecule has 0 fully saturated rings. The molecule has 5 heteroatoms. The van der Waals surface area contributed by atoms with Gasteiger partial charge >= 0.3 is 0 Å². The van der Waals surface area contributed by atoms with Gasteiger partial charge in [0.2, 0.25) is 0 Å². The lowest BCUT2D eigenvalue weighted by Gasteiger charge is -2.08. The first-order valence-electron chi connectivity index (χ1n) is 5.72. The Bertz CT molecular complexity index is 523. The number of benzene rings is 2. The number of aromatic hydroxyl groups is 1. The Morgan fingerprint density at radius 3 is 2.26 bits per heavy atom. The van der Waals surface area contributed by atoms with Crippen molar-refractivity contribution in [3.8, 4) is 5.75 Å². The number of halogens is 2. The molecule has 2 aromatic carbocycles. The van der Waals surface area contributed by atoms with Crippen LogP contribution in [0.15, 0.2) is 42.5 Å². The standard InChI is InChI=1S/C14H13Cl2NO2/c15-12-6-11(7-13(16)14(12)18)8-17-19-9-10-4-2-1-3-5-10/h1-7,17-18H,8-9H2. The summed E-state index contributed by atoms with van der Waals surface area (Å²) in [6.45, 7) is 0.924. The Hall–Kier alpha value is -1.26. The molecule has 0 saturated carbocycles. The highest BCUT2D eigenvalue weighted by atomic mass is 35.5. The minimum Gasteiger partial charge on any atom is -0.505 e. The highest BCUT2D eigenvalue weighted by Gasteiger charge is 2.06. The van der Waals surface area contributed by atoms with Crippen LogP contribution in [-0.2, 0) is 18.0 Å². The maximum Gasteiger partial charge on any atom is 0.152 e. The predicted octanol–water partition coefficient (Wildman–Crippen LogP) is 3.92. The molecule has 2 aromatic rings. The lowest BCUT2D eigenvalue weighted by Crippen LogP contribution is -2.13. The number of phenols is 1. The number of nitrogens with one attached hydrogen (secondary N) is 1. The normalized spacial score (nSPS) is 10.6. The smallest absolute Gasteiger partial charge is 0.152 e. The molecule has 0 saturated heterocycles. The van der Waals surface area contributed by atoms with Crippen LogP contribution >= 0.6 is 23.2 Å². The van der Waals surface area contributed by atoms with Gasteiger partial charge in [-0.15, -0.1) is 0 Å². The molecule has 0 radical (unpaired) electrons. The number of phenolic OH excluding ortho intramolecular Hbond substituents is 1. The highest BCUT2D eigenvalue weighted by Crippen LogP contribution is 2.32. The van der Waals surface area contributed by atoms with E-state index in [1.165, 1.54) is 0 Å². The average Bonchev–Trinajstić information content (AvgIpc) is 2.42. The molecule has 100 valence electrons. The fourth-order valence-electron chi connectivity index (χ4n) is 1.56. The lowest BCUT2D eigenvalue weighted by molar-refractivity contribution is 0.0235. The fourth-order valence-corrected chi connectivity index (χ4v) is 2.10. The predicted molar refractivity (Wildman–Crippen MR) is 76.2 cm³/mol. The van der Waals surface area contributed by atoms with Crippen LogP contribution in [0.4, 0.5) is 0 Å². The topological polar surface area (TPSA) is 41.5 Å². The van der Waals surface area contributed by atoms with Crippen LogP contribution in [0, 0.1) is 0 Å². The van der Waals surface area contributed by atoms with Crippen LogP contribution in [-0.4, -0.2) is 5.11 Å². The van der Waals surface area contributed by atoms with E-state index in [0.29, 0.717) is 13.2 Å². The molecule has 0 atom stereocenters. The van der Waals surface area contributed by atoms with Gasteiger partial charge in [-0.3, -0.25) is 4.84 Å². The summed E-state index contributed by atoms with van der Waals surface area (Å²) in [4.78, 5) is 5.33. The van der Waals surface area contributed by atoms with E-state index >= 15 is 0 Å². The van der Waals surface area contributed by atoms with Crippen molar-refractivity contribution >= 4 is 23.2 Å². The maximum atomic E-state index is 9.44. The first kappa shape index (κ1) is 14.2. The third-order valence-electron chi connectivity index (χ3n) is 2.54. The number of rotatable bonds is 5. The van der Waals surface area contributed by atoms with Crippen LogP contribution < -0.4 is 5.48 Å². The minimum atomic E-state index is -0.0997.